The minimum Gasteiger partial charge on any atom is -0.250 e. The molecule has 22 heavy (non-hydrogen) atoms. The molecule has 0 N–H and O–H groups in total. The molecule has 1 aromatic carbocycles. The van der Waals surface area contributed by atoms with Gasteiger partial charge in [0.05, 0.1) is 6.20 Å². The molecule has 3 heterocycles. The molecule has 0 bridgehead atoms. The Morgan fingerprint density at radius 2 is 1.95 bits per heavy atom. The molecule has 108 valence electrons. The van der Waals surface area contributed by atoms with Gasteiger partial charge in [-0.3, -0.25) is 4.98 Å². The van der Waals surface area contributed by atoms with E-state index in [-0.39, 0.29) is 5.82 Å². The molecule has 4 aromatic rings. The number of pyridine rings is 1. The molecule has 0 atom stereocenters. The van der Waals surface area contributed by atoms with Crippen LogP contribution in [-0.4, -0.2) is 19.6 Å². The summed E-state index contributed by atoms with van der Waals surface area (Å²) >= 11 is 0. The zero-order valence-electron chi connectivity index (χ0n) is 12.2. The van der Waals surface area contributed by atoms with Gasteiger partial charge in [-0.2, -0.15) is 5.10 Å². The quantitative estimate of drug-likeness (QED) is 0.537. The fourth-order valence-electron chi connectivity index (χ4n) is 2.72. The van der Waals surface area contributed by atoms with Crippen molar-refractivity contribution in [2.45, 2.75) is 13.8 Å². The third kappa shape index (κ3) is 1.86. The molecule has 3 aromatic heterocycles. The van der Waals surface area contributed by atoms with Gasteiger partial charge in [0, 0.05) is 29.0 Å². The van der Waals surface area contributed by atoms with Crippen LogP contribution < -0.4 is 0 Å². The van der Waals surface area contributed by atoms with Crippen molar-refractivity contribution in [1.29, 1.82) is 0 Å². The van der Waals surface area contributed by atoms with Crippen LogP contribution >= 0.6 is 0 Å². The second-order valence-corrected chi connectivity index (χ2v) is 5.40. The van der Waals surface area contributed by atoms with Crippen molar-refractivity contribution in [3.8, 4) is 11.1 Å². The van der Waals surface area contributed by atoms with Crippen LogP contribution in [0.15, 0.2) is 42.9 Å². The van der Waals surface area contributed by atoms with E-state index in [1.165, 1.54) is 6.07 Å². The van der Waals surface area contributed by atoms with E-state index in [0.29, 0.717) is 5.52 Å². The third-order valence-electron chi connectivity index (χ3n) is 3.69. The van der Waals surface area contributed by atoms with E-state index in [0.717, 1.165) is 33.4 Å². The predicted octanol–water partition coefficient (Wildman–Crippen LogP) is 3.70. The lowest BCUT2D eigenvalue weighted by Gasteiger charge is -2.07. The summed E-state index contributed by atoms with van der Waals surface area (Å²) in [6.07, 6.45) is 5.49. The lowest BCUT2D eigenvalue weighted by atomic mass is 10.0. The predicted molar refractivity (Wildman–Crippen MR) is 83.2 cm³/mol. The summed E-state index contributed by atoms with van der Waals surface area (Å²) in [6.45, 7) is 3.83. The molecule has 4 nitrogen and oxygen atoms in total. The molecule has 0 aliphatic rings. The molecule has 0 unspecified atom stereocenters. The van der Waals surface area contributed by atoms with E-state index < -0.39 is 0 Å². The van der Waals surface area contributed by atoms with E-state index in [1.54, 1.807) is 23.0 Å². The van der Waals surface area contributed by atoms with Gasteiger partial charge < -0.3 is 0 Å². The van der Waals surface area contributed by atoms with Crippen molar-refractivity contribution in [3.05, 3.63) is 59.9 Å². The second kappa shape index (κ2) is 4.59. The largest absolute Gasteiger partial charge is 0.250 e. The summed E-state index contributed by atoms with van der Waals surface area (Å²) in [6, 6.07) is 6.94. The number of para-hydroxylation sites is 1. The lowest BCUT2D eigenvalue weighted by molar-refractivity contribution is 0.636. The van der Waals surface area contributed by atoms with Gasteiger partial charge in [-0.05, 0) is 37.1 Å². The number of halogens is 1. The smallest absolute Gasteiger partial charge is 0.162 e. The van der Waals surface area contributed by atoms with Gasteiger partial charge in [0.2, 0.25) is 0 Å². The molecule has 0 saturated heterocycles. The number of aromatic nitrogens is 4. The van der Waals surface area contributed by atoms with Crippen LogP contribution in [0.25, 0.3) is 27.7 Å². The van der Waals surface area contributed by atoms with Gasteiger partial charge in [-0.1, -0.05) is 12.1 Å². The summed E-state index contributed by atoms with van der Waals surface area (Å²) in [5.41, 5.74) is 4.70. The molecular weight excluding hydrogens is 279 g/mol. The standard InChI is InChI=1S/C17H13FN4/c1-10-7-19-17-14(8-20-22(17)9-10)13-6-11(2)21-16-12(13)4-3-5-15(16)18/h3-9H,1-2H3. The van der Waals surface area contributed by atoms with Crippen molar-refractivity contribution in [2.24, 2.45) is 0 Å². The lowest BCUT2D eigenvalue weighted by Crippen LogP contribution is -1.93. The number of fused-ring (bicyclic) bond motifs is 2. The topological polar surface area (TPSA) is 43.1 Å². The first-order chi connectivity index (χ1) is 10.6. The Morgan fingerprint density at radius 1 is 1.09 bits per heavy atom. The normalized spacial score (nSPS) is 11.4. The van der Waals surface area contributed by atoms with Gasteiger partial charge in [-0.15, -0.1) is 0 Å². The first-order valence-electron chi connectivity index (χ1n) is 7.00. The van der Waals surface area contributed by atoms with Gasteiger partial charge in [0.15, 0.2) is 5.65 Å². The van der Waals surface area contributed by atoms with Gasteiger partial charge >= 0.3 is 0 Å². The Balaban J connectivity index is 2.10. The van der Waals surface area contributed by atoms with E-state index in [1.807, 2.05) is 32.2 Å². The van der Waals surface area contributed by atoms with Crippen molar-refractivity contribution >= 4 is 16.6 Å². The number of benzene rings is 1. The minimum absolute atomic E-state index is 0.317. The van der Waals surface area contributed by atoms with Crippen LogP contribution in [0.2, 0.25) is 0 Å². The van der Waals surface area contributed by atoms with Crippen LogP contribution in [0.5, 0.6) is 0 Å². The van der Waals surface area contributed by atoms with Crippen molar-refractivity contribution < 1.29 is 4.39 Å². The van der Waals surface area contributed by atoms with Gasteiger partial charge in [0.25, 0.3) is 0 Å². The maximum Gasteiger partial charge on any atom is 0.162 e. The summed E-state index contributed by atoms with van der Waals surface area (Å²) in [5, 5.41) is 5.12. The summed E-state index contributed by atoms with van der Waals surface area (Å²) < 4.78 is 15.8. The molecule has 0 spiro atoms. The average molecular weight is 292 g/mol. The highest BCUT2D eigenvalue weighted by Gasteiger charge is 2.14. The van der Waals surface area contributed by atoms with Crippen LogP contribution in [-0.2, 0) is 0 Å². The van der Waals surface area contributed by atoms with Crippen molar-refractivity contribution in [1.82, 2.24) is 19.6 Å². The molecule has 4 rings (SSSR count). The molecule has 0 aliphatic heterocycles. The molecule has 0 saturated carbocycles. The highest BCUT2D eigenvalue weighted by Crippen LogP contribution is 2.31. The van der Waals surface area contributed by atoms with Crippen LogP contribution in [0.1, 0.15) is 11.3 Å². The average Bonchev–Trinajstić information content (AvgIpc) is 2.90. The Bertz CT molecular complexity index is 1020. The van der Waals surface area contributed by atoms with Gasteiger partial charge in [-0.25, -0.2) is 13.9 Å². The first-order valence-corrected chi connectivity index (χ1v) is 7.00. The molecule has 5 heteroatoms. The van der Waals surface area contributed by atoms with E-state index >= 15 is 0 Å². The van der Waals surface area contributed by atoms with Gasteiger partial charge in [0.1, 0.15) is 11.3 Å². The maximum atomic E-state index is 14.1. The summed E-state index contributed by atoms with van der Waals surface area (Å²) in [4.78, 5) is 8.78. The highest BCUT2D eigenvalue weighted by atomic mass is 19.1. The number of hydrogen-bond acceptors (Lipinski definition) is 3. The summed E-state index contributed by atoms with van der Waals surface area (Å²) in [7, 11) is 0. The molecule has 0 amide bonds. The minimum atomic E-state index is -0.317. The number of nitrogens with zero attached hydrogens (tertiary/aromatic N) is 4. The highest BCUT2D eigenvalue weighted by molar-refractivity contribution is 5.98. The van der Waals surface area contributed by atoms with Crippen LogP contribution in [0.3, 0.4) is 0 Å². The first kappa shape index (κ1) is 12.9. The molecule has 0 radical (unpaired) electrons. The molecular formula is C17H13FN4. The van der Waals surface area contributed by atoms with Crippen LogP contribution in [0.4, 0.5) is 4.39 Å². The Labute approximate surface area is 126 Å². The van der Waals surface area contributed by atoms with Crippen molar-refractivity contribution in [2.75, 3.05) is 0 Å². The zero-order valence-corrected chi connectivity index (χ0v) is 12.2. The maximum absolute atomic E-state index is 14.1. The van der Waals surface area contributed by atoms with Crippen LogP contribution in [0, 0.1) is 19.7 Å². The molecule has 0 fully saturated rings. The number of hydrogen-bond donors (Lipinski definition) is 0. The fraction of sp³-hybridized carbons (Fsp3) is 0.118. The monoisotopic (exact) mass is 292 g/mol. The summed E-state index contributed by atoms with van der Waals surface area (Å²) in [5.74, 6) is -0.317. The fourth-order valence-corrected chi connectivity index (χ4v) is 2.72. The zero-order chi connectivity index (χ0) is 15.3. The Hall–Kier alpha value is -2.82. The second-order valence-electron chi connectivity index (χ2n) is 5.40. The number of aryl methyl sites for hydroxylation is 2. The Morgan fingerprint density at radius 3 is 2.82 bits per heavy atom. The SMILES string of the molecule is Cc1cnc2c(-c3cc(C)nc4c(F)cccc34)cnn2c1. The third-order valence-corrected chi connectivity index (χ3v) is 3.69. The van der Waals surface area contributed by atoms with Crippen molar-refractivity contribution in [3.63, 3.8) is 0 Å². The van der Waals surface area contributed by atoms with E-state index in [2.05, 4.69) is 15.1 Å². The molecule has 0 aliphatic carbocycles. The number of rotatable bonds is 1. The van der Waals surface area contributed by atoms with E-state index in [4.69, 9.17) is 0 Å². The Kier molecular flexibility index (Phi) is 2.69. The van der Waals surface area contributed by atoms with E-state index in [9.17, 15) is 4.39 Å².